The molecule has 1 N–H and O–H groups in total. The van der Waals surface area contributed by atoms with Gasteiger partial charge >= 0.3 is 5.97 Å². The zero-order valence-corrected chi connectivity index (χ0v) is 13.6. The van der Waals surface area contributed by atoms with Gasteiger partial charge in [-0.05, 0) is 26.0 Å². The highest BCUT2D eigenvalue weighted by Gasteiger charge is 2.43. The molecule has 0 aliphatic heterocycles. The van der Waals surface area contributed by atoms with Gasteiger partial charge < -0.3 is 5.11 Å². The first kappa shape index (κ1) is 17.2. The van der Waals surface area contributed by atoms with Gasteiger partial charge in [0.2, 0.25) is 10.0 Å². The summed E-state index contributed by atoms with van der Waals surface area (Å²) >= 11 is 11.8. The van der Waals surface area contributed by atoms with Crippen molar-refractivity contribution < 1.29 is 18.3 Å². The van der Waals surface area contributed by atoms with Gasteiger partial charge in [-0.1, -0.05) is 36.2 Å². The quantitative estimate of drug-likeness (QED) is 0.894. The number of rotatable bonds is 5. The maximum atomic E-state index is 12.6. The second kappa shape index (κ2) is 5.89. The summed E-state index contributed by atoms with van der Waals surface area (Å²) < 4.78 is 26.2. The summed E-state index contributed by atoms with van der Waals surface area (Å²) in [6, 6.07) is 4.30. The maximum absolute atomic E-state index is 12.6. The molecule has 0 aliphatic carbocycles. The lowest BCUT2D eigenvalue weighted by Gasteiger charge is -2.33. The summed E-state index contributed by atoms with van der Waals surface area (Å²) in [7, 11) is -4.13. The first-order valence-electron chi connectivity index (χ1n) is 5.77. The molecule has 0 atom stereocenters. The van der Waals surface area contributed by atoms with Gasteiger partial charge in [0.15, 0.2) is 0 Å². The molecule has 0 saturated heterocycles. The van der Waals surface area contributed by atoms with Crippen LogP contribution >= 0.6 is 23.2 Å². The molecule has 20 heavy (non-hydrogen) atoms. The van der Waals surface area contributed by atoms with Crippen LogP contribution in [-0.2, 0) is 14.8 Å². The van der Waals surface area contributed by atoms with Crippen LogP contribution in [0.25, 0.3) is 0 Å². The molecule has 0 radical (unpaired) electrons. The number of sulfonamides is 1. The van der Waals surface area contributed by atoms with Gasteiger partial charge in [0.25, 0.3) is 0 Å². The zero-order chi connectivity index (χ0) is 15.7. The fourth-order valence-corrected chi connectivity index (χ4v) is 4.66. The molecule has 1 aromatic rings. The Hall–Kier alpha value is -0.820. The summed E-state index contributed by atoms with van der Waals surface area (Å²) in [6.07, 6.45) is 0. The molecule has 5 nitrogen and oxygen atoms in total. The lowest BCUT2D eigenvalue weighted by atomic mass is 10.1. The van der Waals surface area contributed by atoms with E-state index in [1.54, 1.807) is 6.92 Å². The van der Waals surface area contributed by atoms with Crippen molar-refractivity contribution in [2.75, 3.05) is 6.54 Å². The van der Waals surface area contributed by atoms with E-state index in [0.717, 1.165) is 4.31 Å². The van der Waals surface area contributed by atoms with E-state index in [-0.39, 0.29) is 21.5 Å². The highest BCUT2D eigenvalue weighted by Crippen LogP contribution is 2.34. The van der Waals surface area contributed by atoms with Crippen LogP contribution in [0.4, 0.5) is 0 Å². The number of hydrogen-bond donors (Lipinski definition) is 1. The summed E-state index contributed by atoms with van der Waals surface area (Å²) in [5.41, 5.74) is -1.61. The van der Waals surface area contributed by atoms with E-state index >= 15 is 0 Å². The average molecular weight is 340 g/mol. The van der Waals surface area contributed by atoms with Gasteiger partial charge in [0.05, 0.1) is 10.0 Å². The molecule has 112 valence electrons. The van der Waals surface area contributed by atoms with Crippen LogP contribution in [0.15, 0.2) is 23.1 Å². The zero-order valence-electron chi connectivity index (χ0n) is 11.2. The van der Waals surface area contributed by atoms with Gasteiger partial charge in [0.1, 0.15) is 10.4 Å². The third-order valence-corrected chi connectivity index (χ3v) is 6.01. The SMILES string of the molecule is CCN(C(C)(C)C(=O)O)S(=O)(=O)c1c(Cl)cccc1Cl. The third-order valence-electron chi connectivity index (χ3n) is 2.90. The molecule has 0 unspecified atom stereocenters. The summed E-state index contributed by atoms with van der Waals surface area (Å²) in [5.74, 6) is -1.26. The topological polar surface area (TPSA) is 74.7 Å². The van der Waals surface area contributed by atoms with E-state index in [4.69, 9.17) is 23.2 Å². The van der Waals surface area contributed by atoms with Crippen LogP contribution < -0.4 is 0 Å². The predicted octanol–water partition coefficient (Wildman–Crippen LogP) is 2.87. The van der Waals surface area contributed by atoms with Crippen LogP contribution in [0.1, 0.15) is 20.8 Å². The highest BCUT2D eigenvalue weighted by molar-refractivity contribution is 7.89. The Morgan fingerprint density at radius 3 is 2.10 bits per heavy atom. The second-order valence-corrected chi connectivity index (χ2v) is 7.20. The molecule has 0 fully saturated rings. The van der Waals surface area contributed by atoms with Crippen LogP contribution in [-0.4, -0.2) is 35.9 Å². The Balaban J connectivity index is 3.53. The number of likely N-dealkylation sites (N-methyl/N-ethyl adjacent to an activating group) is 1. The number of halogens is 2. The van der Waals surface area contributed by atoms with E-state index in [1.807, 2.05) is 0 Å². The van der Waals surface area contributed by atoms with E-state index in [1.165, 1.54) is 32.0 Å². The fraction of sp³-hybridized carbons (Fsp3) is 0.417. The normalized spacial score (nSPS) is 12.7. The molecule has 0 bridgehead atoms. The Kier molecular flexibility index (Phi) is 5.08. The van der Waals surface area contributed by atoms with Crippen molar-refractivity contribution in [2.45, 2.75) is 31.2 Å². The molecule has 0 spiro atoms. The number of benzene rings is 1. The average Bonchev–Trinajstić information content (AvgIpc) is 2.27. The lowest BCUT2D eigenvalue weighted by Crippen LogP contribution is -2.52. The molecule has 1 rings (SSSR count). The number of hydrogen-bond acceptors (Lipinski definition) is 3. The lowest BCUT2D eigenvalue weighted by molar-refractivity contribution is -0.146. The minimum atomic E-state index is -4.13. The molecule has 1 aromatic carbocycles. The van der Waals surface area contributed by atoms with Gasteiger partial charge in [-0.3, -0.25) is 4.79 Å². The first-order chi connectivity index (χ1) is 9.06. The van der Waals surface area contributed by atoms with E-state index in [0.29, 0.717) is 0 Å². The van der Waals surface area contributed by atoms with Crippen molar-refractivity contribution in [3.63, 3.8) is 0 Å². The van der Waals surface area contributed by atoms with Gasteiger partial charge in [-0.25, -0.2) is 8.42 Å². The van der Waals surface area contributed by atoms with Crippen LogP contribution in [0.2, 0.25) is 10.0 Å². The Morgan fingerprint density at radius 1 is 1.30 bits per heavy atom. The molecular weight excluding hydrogens is 325 g/mol. The van der Waals surface area contributed by atoms with Crippen LogP contribution in [0.3, 0.4) is 0 Å². The molecule has 0 heterocycles. The van der Waals surface area contributed by atoms with E-state index in [2.05, 4.69) is 0 Å². The number of carbonyl (C=O) groups is 1. The maximum Gasteiger partial charge on any atom is 0.324 e. The van der Waals surface area contributed by atoms with E-state index < -0.39 is 21.5 Å². The van der Waals surface area contributed by atoms with Crippen molar-refractivity contribution in [3.8, 4) is 0 Å². The number of nitrogens with zero attached hydrogens (tertiary/aromatic N) is 1. The summed E-state index contributed by atoms with van der Waals surface area (Å²) in [4.78, 5) is 11.0. The van der Waals surface area contributed by atoms with Gasteiger partial charge in [0, 0.05) is 6.54 Å². The third kappa shape index (κ3) is 2.93. The second-order valence-electron chi connectivity index (χ2n) is 4.58. The van der Waals surface area contributed by atoms with Crippen LogP contribution in [0, 0.1) is 0 Å². The molecular formula is C12H15Cl2NO4S. The smallest absolute Gasteiger partial charge is 0.324 e. The number of aliphatic carboxylic acids is 1. The standard InChI is InChI=1S/C12H15Cl2NO4S/c1-4-15(12(2,3)11(16)17)20(18,19)10-8(13)6-5-7-9(10)14/h5-7H,4H2,1-3H3,(H,16,17). The predicted molar refractivity (Wildman–Crippen MR) is 77.7 cm³/mol. The minimum Gasteiger partial charge on any atom is -0.480 e. The van der Waals surface area contributed by atoms with Crippen molar-refractivity contribution in [2.24, 2.45) is 0 Å². The largest absolute Gasteiger partial charge is 0.480 e. The van der Waals surface area contributed by atoms with Crippen molar-refractivity contribution in [1.82, 2.24) is 4.31 Å². The molecule has 0 saturated carbocycles. The van der Waals surface area contributed by atoms with E-state index in [9.17, 15) is 18.3 Å². The van der Waals surface area contributed by atoms with Crippen molar-refractivity contribution >= 4 is 39.2 Å². The van der Waals surface area contributed by atoms with Crippen molar-refractivity contribution in [1.29, 1.82) is 0 Å². The summed E-state index contributed by atoms with van der Waals surface area (Å²) in [5, 5.41) is 9.13. The van der Waals surface area contributed by atoms with Gasteiger partial charge in [-0.2, -0.15) is 4.31 Å². The summed E-state index contributed by atoms with van der Waals surface area (Å²) in [6.45, 7) is 4.14. The monoisotopic (exact) mass is 339 g/mol. The molecule has 8 heteroatoms. The van der Waals surface area contributed by atoms with Crippen molar-refractivity contribution in [3.05, 3.63) is 28.2 Å². The Labute approximate surface area is 128 Å². The minimum absolute atomic E-state index is 0.0246. The highest BCUT2D eigenvalue weighted by atomic mass is 35.5. The Morgan fingerprint density at radius 2 is 1.75 bits per heavy atom. The molecule has 0 amide bonds. The van der Waals surface area contributed by atoms with Crippen LogP contribution in [0.5, 0.6) is 0 Å². The fourth-order valence-electron chi connectivity index (χ4n) is 1.81. The molecule has 0 aliphatic rings. The first-order valence-corrected chi connectivity index (χ1v) is 7.96. The number of carboxylic acid groups (broad SMARTS) is 1. The van der Waals surface area contributed by atoms with Gasteiger partial charge in [-0.15, -0.1) is 0 Å². The Bertz CT molecular complexity index is 608. The molecule has 0 aromatic heterocycles. The number of carboxylic acids is 1.